The zero-order valence-corrected chi connectivity index (χ0v) is 15.2. The highest BCUT2D eigenvalue weighted by molar-refractivity contribution is 9.10. The molecule has 0 amide bonds. The summed E-state index contributed by atoms with van der Waals surface area (Å²) < 4.78 is 8.83. The zero-order valence-electron chi connectivity index (χ0n) is 13.6. The molecule has 2 rings (SSSR count). The molecule has 0 aromatic heterocycles. The van der Waals surface area contributed by atoms with E-state index in [2.05, 4.69) is 22.0 Å². The third-order valence-electron chi connectivity index (χ3n) is 4.35. The molecule has 1 saturated carbocycles. The molecule has 0 saturated heterocycles. The number of methoxy groups -OCH3 is 2. The van der Waals surface area contributed by atoms with Crippen LogP contribution in [0.2, 0.25) is 0 Å². The highest BCUT2D eigenvalue weighted by Gasteiger charge is 2.76. The van der Waals surface area contributed by atoms with Crippen molar-refractivity contribution in [3.05, 3.63) is 42.0 Å². The van der Waals surface area contributed by atoms with Crippen LogP contribution in [0.25, 0.3) is 5.57 Å². The van der Waals surface area contributed by atoms with Gasteiger partial charge in [0.2, 0.25) is 0 Å². The Balaban J connectivity index is 2.38. The molecule has 23 heavy (non-hydrogen) atoms. The number of rotatable bonds is 6. The minimum atomic E-state index is -1.01. The number of ether oxygens (including phenoxy) is 2. The largest absolute Gasteiger partial charge is 0.469 e. The molecule has 124 valence electrons. The Labute approximate surface area is 145 Å². The van der Waals surface area contributed by atoms with E-state index in [4.69, 9.17) is 9.47 Å². The fourth-order valence-corrected chi connectivity index (χ4v) is 3.96. The Bertz CT molecular complexity index is 625. The normalized spacial score (nSPS) is 26.5. The summed E-state index contributed by atoms with van der Waals surface area (Å²) in [6.07, 6.45) is 3.73. The van der Waals surface area contributed by atoms with Crippen molar-refractivity contribution in [2.24, 2.45) is 5.41 Å². The molecule has 1 fully saturated rings. The number of allylic oxidation sites excluding steroid dienone is 2. The van der Waals surface area contributed by atoms with Crippen molar-refractivity contribution < 1.29 is 19.1 Å². The third kappa shape index (κ3) is 3.07. The van der Waals surface area contributed by atoms with E-state index in [1.54, 1.807) is 0 Å². The van der Waals surface area contributed by atoms with Crippen LogP contribution in [0.3, 0.4) is 0 Å². The molecular formula is C18H21BrO4. The van der Waals surface area contributed by atoms with Gasteiger partial charge in [-0.15, -0.1) is 0 Å². The number of hydrogen-bond donors (Lipinski definition) is 0. The number of esters is 2. The number of carbonyl (C=O) groups is 2. The van der Waals surface area contributed by atoms with Gasteiger partial charge in [-0.1, -0.05) is 59.3 Å². The molecule has 1 aliphatic rings. The quantitative estimate of drug-likeness (QED) is 0.557. The first-order valence-corrected chi connectivity index (χ1v) is 8.34. The fourth-order valence-electron chi connectivity index (χ4n) is 3.02. The summed E-state index contributed by atoms with van der Waals surface area (Å²) in [5.41, 5.74) is 1.15. The summed E-state index contributed by atoms with van der Waals surface area (Å²) in [6.45, 7) is 2.04. The van der Waals surface area contributed by atoms with E-state index >= 15 is 0 Å². The average molecular weight is 381 g/mol. The highest BCUT2D eigenvalue weighted by Crippen LogP contribution is 2.67. The molecule has 1 aliphatic carbocycles. The van der Waals surface area contributed by atoms with Gasteiger partial charge in [0, 0.05) is 0 Å². The minimum absolute atomic E-state index is 0.368. The summed E-state index contributed by atoms with van der Waals surface area (Å²) in [5, 5.41) is 0. The Kier molecular flexibility index (Phi) is 5.30. The Morgan fingerprint density at radius 3 is 2.30 bits per heavy atom. The number of alkyl halides is 1. The predicted octanol–water partition coefficient (Wildman–Crippen LogP) is 3.74. The van der Waals surface area contributed by atoms with Gasteiger partial charge in [0.25, 0.3) is 0 Å². The van der Waals surface area contributed by atoms with Crippen molar-refractivity contribution in [2.45, 2.75) is 30.5 Å². The second-order valence-corrected chi connectivity index (χ2v) is 7.08. The van der Waals surface area contributed by atoms with Crippen LogP contribution in [0.4, 0.5) is 0 Å². The van der Waals surface area contributed by atoms with Gasteiger partial charge in [0.1, 0.15) is 4.32 Å². The molecule has 0 unspecified atom stereocenters. The van der Waals surface area contributed by atoms with Gasteiger partial charge in [-0.25, -0.2) is 0 Å². The van der Waals surface area contributed by atoms with Crippen LogP contribution < -0.4 is 0 Å². The van der Waals surface area contributed by atoms with Crippen molar-refractivity contribution in [1.82, 2.24) is 0 Å². The second kappa shape index (κ2) is 6.87. The van der Waals surface area contributed by atoms with Crippen molar-refractivity contribution in [1.29, 1.82) is 0 Å². The van der Waals surface area contributed by atoms with Crippen molar-refractivity contribution in [2.75, 3.05) is 14.2 Å². The summed E-state index contributed by atoms with van der Waals surface area (Å²) in [7, 11) is 2.67. The monoisotopic (exact) mass is 380 g/mol. The molecule has 2 atom stereocenters. The first-order valence-electron chi connectivity index (χ1n) is 7.55. The lowest BCUT2D eigenvalue weighted by Crippen LogP contribution is -2.32. The maximum atomic E-state index is 12.4. The molecule has 0 aliphatic heterocycles. The molecule has 4 nitrogen and oxygen atoms in total. The maximum Gasteiger partial charge on any atom is 0.323 e. The lowest BCUT2D eigenvalue weighted by Gasteiger charge is -2.20. The second-order valence-electron chi connectivity index (χ2n) is 5.72. The van der Waals surface area contributed by atoms with Crippen molar-refractivity contribution >= 4 is 33.4 Å². The highest BCUT2D eigenvalue weighted by atomic mass is 79.9. The van der Waals surface area contributed by atoms with Gasteiger partial charge >= 0.3 is 11.9 Å². The molecule has 0 heterocycles. The van der Waals surface area contributed by atoms with E-state index in [1.807, 2.05) is 37.3 Å². The fraction of sp³-hybridized carbons (Fsp3) is 0.444. The van der Waals surface area contributed by atoms with Gasteiger partial charge in [-0.2, -0.15) is 0 Å². The van der Waals surface area contributed by atoms with Crippen LogP contribution in [0.1, 0.15) is 31.7 Å². The van der Waals surface area contributed by atoms with E-state index in [-0.39, 0.29) is 0 Å². The Morgan fingerprint density at radius 2 is 1.78 bits per heavy atom. The summed E-state index contributed by atoms with van der Waals surface area (Å²) in [5.74, 6) is -0.829. The average Bonchev–Trinajstić information content (AvgIpc) is 3.20. The van der Waals surface area contributed by atoms with E-state index in [0.717, 1.165) is 17.6 Å². The van der Waals surface area contributed by atoms with Crippen LogP contribution in [0.15, 0.2) is 36.4 Å². The Hall–Kier alpha value is -1.62. The van der Waals surface area contributed by atoms with Gasteiger partial charge in [-0.05, 0) is 30.4 Å². The molecule has 5 heteroatoms. The van der Waals surface area contributed by atoms with E-state index in [1.165, 1.54) is 14.2 Å². The first kappa shape index (κ1) is 17.7. The van der Waals surface area contributed by atoms with Crippen LogP contribution in [0, 0.1) is 5.41 Å². The maximum absolute atomic E-state index is 12.4. The molecule has 0 bridgehead atoms. The standard InChI is InChI=1S/C18H21BrO4/c1-4-8-14(13-9-6-5-7-10-13)11-17(15(20)22-2)12-18(17,19)16(21)23-3/h5-10H,4,11-12H2,1-3H3/b14-8+/t17-,18-/m0/s1. The SMILES string of the molecule is CC/C=C(\C[C@@]1(C(=O)OC)C[C@]1(Br)C(=O)OC)c1ccccc1. The Morgan fingerprint density at radius 1 is 1.17 bits per heavy atom. The molecular weight excluding hydrogens is 360 g/mol. The van der Waals surface area contributed by atoms with Crippen molar-refractivity contribution in [3.8, 4) is 0 Å². The molecule has 0 N–H and O–H groups in total. The van der Waals surface area contributed by atoms with Gasteiger partial charge in [0.15, 0.2) is 0 Å². The molecule has 1 aromatic rings. The molecule has 1 aromatic carbocycles. The minimum Gasteiger partial charge on any atom is -0.469 e. The van der Waals surface area contributed by atoms with E-state index in [0.29, 0.717) is 12.8 Å². The van der Waals surface area contributed by atoms with Gasteiger partial charge < -0.3 is 9.47 Å². The molecule has 0 radical (unpaired) electrons. The number of benzene rings is 1. The van der Waals surface area contributed by atoms with Crippen LogP contribution in [-0.2, 0) is 19.1 Å². The first-order chi connectivity index (χ1) is 10.9. The zero-order chi connectivity index (χ0) is 17.1. The van der Waals surface area contributed by atoms with E-state index < -0.39 is 21.7 Å². The lowest BCUT2D eigenvalue weighted by molar-refractivity contribution is -0.151. The van der Waals surface area contributed by atoms with Gasteiger partial charge in [-0.3, -0.25) is 9.59 Å². The van der Waals surface area contributed by atoms with Gasteiger partial charge in [0.05, 0.1) is 19.6 Å². The number of halogens is 1. The summed E-state index contributed by atoms with van der Waals surface area (Å²) >= 11 is 3.43. The topological polar surface area (TPSA) is 52.6 Å². The van der Waals surface area contributed by atoms with Crippen LogP contribution in [0.5, 0.6) is 0 Å². The smallest absolute Gasteiger partial charge is 0.323 e. The number of hydrogen-bond acceptors (Lipinski definition) is 4. The van der Waals surface area contributed by atoms with E-state index in [9.17, 15) is 9.59 Å². The molecule has 0 spiro atoms. The number of carbonyl (C=O) groups excluding carboxylic acids is 2. The van der Waals surface area contributed by atoms with Crippen LogP contribution >= 0.6 is 15.9 Å². The summed E-state index contributed by atoms with van der Waals surface area (Å²) in [6, 6.07) is 9.87. The third-order valence-corrected chi connectivity index (χ3v) is 5.71. The van der Waals surface area contributed by atoms with Crippen molar-refractivity contribution in [3.63, 3.8) is 0 Å². The lowest BCUT2D eigenvalue weighted by atomic mass is 9.89. The predicted molar refractivity (Wildman–Crippen MR) is 92.1 cm³/mol. The summed E-state index contributed by atoms with van der Waals surface area (Å²) in [4.78, 5) is 24.5. The van der Waals surface area contributed by atoms with Crippen LogP contribution in [-0.4, -0.2) is 30.5 Å².